The molecule has 32 heavy (non-hydrogen) atoms. The van der Waals surface area contributed by atoms with E-state index >= 15 is 0 Å². The lowest BCUT2D eigenvalue weighted by molar-refractivity contribution is 0.296. The summed E-state index contributed by atoms with van der Waals surface area (Å²) in [5.41, 5.74) is 3.14. The number of hydrogen-bond donors (Lipinski definition) is 0. The molecule has 1 aliphatic heterocycles. The Hall–Kier alpha value is -2.76. The molecule has 2 aromatic carbocycles. The molecule has 1 aromatic heterocycles. The van der Waals surface area contributed by atoms with Gasteiger partial charge in [-0.2, -0.15) is 0 Å². The monoisotopic (exact) mass is 440 g/mol. The number of fused-ring (bicyclic) bond motifs is 2. The van der Waals surface area contributed by atoms with Crippen molar-refractivity contribution < 1.29 is 17.6 Å². The Morgan fingerprint density at radius 1 is 0.969 bits per heavy atom. The van der Waals surface area contributed by atoms with Gasteiger partial charge in [0, 0.05) is 35.3 Å². The second-order valence-electron chi connectivity index (χ2n) is 9.18. The van der Waals surface area contributed by atoms with Gasteiger partial charge < -0.3 is 0 Å². The van der Waals surface area contributed by atoms with Gasteiger partial charge in [-0.25, -0.2) is 17.6 Å². The Morgan fingerprint density at radius 3 is 2.53 bits per heavy atom. The normalized spacial score (nSPS) is 21.5. The summed E-state index contributed by atoms with van der Waals surface area (Å²) in [6.07, 6.45) is 7.08. The fraction of sp³-hybridized carbons (Fsp3) is 0.385. The molecule has 6 heteroatoms. The second kappa shape index (κ2) is 8.30. The lowest BCUT2D eigenvalue weighted by Gasteiger charge is -2.31. The van der Waals surface area contributed by atoms with E-state index in [9.17, 15) is 17.6 Å². The molecule has 2 aliphatic rings. The average molecular weight is 440 g/mol. The third kappa shape index (κ3) is 3.80. The molecule has 2 nitrogen and oxygen atoms in total. The first-order valence-electron chi connectivity index (χ1n) is 11.2. The Morgan fingerprint density at radius 2 is 1.75 bits per heavy atom. The van der Waals surface area contributed by atoms with Gasteiger partial charge in [0.1, 0.15) is 5.82 Å². The molecule has 1 atom stereocenters. The van der Waals surface area contributed by atoms with Gasteiger partial charge in [0.05, 0.1) is 11.2 Å². The zero-order valence-corrected chi connectivity index (χ0v) is 17.8. The zero-order chi connectivity index (χ0) is 22.4. The van der Waals surface area contributed by atoms with E-state index in [1.54, 1.807) is 18.3 Å². The third-order valence-corrected chi connectivity index (χ3v) is 7.14. The van der Waals surface area contributed by atoms with Crippen molar-refractivity contribution in [2.24, 2.45) is 16.8 Å². The lowest BCUT2D eigenvalue weighted by Crippen LogP contribution is -2.20. The summed E-state index contributed by atoms with van der Waals surface area (Å²) < 4.78 is 55.0. The quantitative estimate of drug-likeness (QED) is 0.306. The van der Waals surface area contributed by atoms with Gasteiger partial charge in [0.25, 0.3) is 0 Å². The van der Waals surface area contributed by atoms with Crippen molar-refractivity contribution in [1.29, 1.82) is 0 Å². The van der Waals surface area contributed by atoms with Gasteiger partial charge in [-0.1, -0.05) is 6.92 Å². The summed E-state index contributed by atoms with van der Waals surface area (Å²) >= 11 is 0. The minimum atomic E-state index is -1.42. The minimum absolute atomic E-state index is 0.116. The summed E-state index contributed by atoms with van der Waals surface area (Å²) in [5.74, 6) is -2.98. The summed E-state index contributed by atoms with van der Waals surface area (Å²) in [5, 5.41) is 0.892. The maximum absolute atomic E-state index is 14.1. The van der Waals surface area contributed by atoms with Crippen molar-refractivity contribution in [2.45, 2.75) is 51.4 Å². The molecule has 1 aliphatic carbocycles. The molecule has 0 radical (unpaired) electrons. The number of rotatable bonds is 4. The standard InChI is InChI=1S/C26H24F4N2/c1-14(23-12-20-24(32-23)13-21(28)26(30)25(20)29)10-15-2-4-16(5-3-15)18-8-9-31-22-7-6-17(27)11-19(18)22/h6-9,11,13-16H,2-5,10,12H2,1H3/t14-,15?,16?/m1/s1. The van der Waals surface area contributed by atoms with Crippen molar-refractivity contribution in [3.8, 4) is 0 Å². The summed E-state index contributed by atoms with van der Waals surface area (Å²) in [6.45, 7) is 2.06. The first-order chi connectivity index (χ1) is 15.4. The summed E-state index contributed by atoms with van der Waals surface area (Å²) in [7, 11) is 0. The van der Waals surface area contributed by atoms with Gasteiger partial charge in [0.2, 0.25) is 0 Å². The molecule has 0 bridgehead atoms. The number of aromatic nitrogens is 1. The van der Waals surface area contributed by atoms with Crippen molar-refractivity contribution in [2.75, 3.05) is 0 Å². The Balaban J connectivity index is 1.24. The highest BCUT2D eigenvalue weighted by Gasteiger charge is 2.30. The van der Waals surface area contributed by atoms with Crippen LogP contribution in [0.2, 0.25) is 0 Å². The van der Waals surface area contributed by atoms with Gasteiger partial charge in [0.15, 0.2) is 17.5 Å². The minimum Gasteiger partial charge on any atom is -0.257 e. The number of aliphatic imine (C=N–C) groups is 1. The molecule has 0 amide bonds. The highest BCUT2D eigenvalue weighted by atomic mass is 19.2. The maximum Gasteiger partial charge on any atom is 0.194 e. The summed E-state index contributed by atoms with van der Waals surface area (Å²) in [4.78, 5) is 8.77. The number of halogens is 4. The Bertz CT molecular complexity index is 1210. The first-order valence-corrected chi connectivity index (χ1v) is 11.2. The van der Waals surface area contributed by atoms with Crippen LogP contribution in [0, 0.1) is 35.1 Å². The fourth-order valence-electron chi connectivity index (χ4n) is 5.39. The van der Waals surface area contributed by atoms with Crippen LogP contribution in [0.15, 0.2) is 41.5 Å². The first kappa shape index (κ1) is 21.1. The zero-order valence-electron chi connectivity index (χ0n) is 17.8. The van der Waals surface area contributed by atoms with Crippen LogP contribution in [0.4, 0.5) is 23.2 Å². The molecule has 0 spiro atoms. The van der Waals surface area contributed by atoms with Crippen LogP contribution in [0.3, 0.4) is 0 Å². The molecular weight excluding hydrogens is 416 g/mol. The van der Waals surface area contributed by atoms with Crippen molar-refractivity contribution in [3.05, 3.63) is 70.9 Å². The number of nitrogens with zero attached hydrogens (tertiary/aromatic N) is 2. The molecule has 1 saturated carbocycles. The largest absolute Gasteiger partial charge is 0.257 e. The summed E-state index contributed by atoms with van der Waals surface area (Å²) in [6, 6.07) is 7.73. The molecule has 3 aromatic rings. The van der Waals surface area contributed by atoms with Gasteiger partial charge >= 0.3 is 0 Å². The Kier molecular flexibility index (Phi) is 5.48. The van der Waals surface area contributed by atoms with Gasteiger partial charge in [-0.15, -0.1) is 0 Å². The van der Waals surface area contributed by atoms with Crippen LogP contribution in [0.25, 0.3) is 10.9 Å². The topological polar surface area (TPSA) is 25.2 Å². The SMILES string of the molecule is C[C@H](CC1CCC(c2ccnc3ccc(F)cc23)CC1)C1=Nc2cc(F)c(F)c(F)c2C1. The van der Waals surface area contributed by atoms with E-state index in [1.165, 1.54) is 6.07 Å². The van der Waals surface area contributed by atoms with Crippen LogP contribution in [-0.4, -0.2) is 10.7 Å². The number of pyridine rings is 1. The highest BCUT2D eigenvalue weighted by Crippen LogP contribution is 2.41. The van der Waals surface area contributed by atoms with Crippen LogP contribution < -0.4 is 0 Å². The molecule has 2 heterocycles. The van der Waals surface area contributed by atoms with E-state index in [2.05, 4.69) is 16.9 Å². The van der Waals surface area contributed by atoms with Crippen LogP contribution >= 0.6 is 0 Å². The van der Waals surface area contributed by atoms with Crippen molar-refractivity contribution in [3.63, 3.8) is 0 Å². The predicted molar refractivity (Wildman–Crippen MR) is 117 cm³/mol. The number of hydrogen-bond acceptors (Lipinski definition) is 2. The third-order valence-electron chi connectivity index (χ3n) is 7.14. The molecule has 0 N–H and O–H groups in total. The van der Waals surface area contributed by atoms with E-state index in [4.69, 9.17) is 0 Å². The highest BCUT2D eigenvalue weighted by molar-refractivity contribution is 5.95. The van der Waals surface area contributed by atoms with E-state index in [1.807, 2.05) is 6.07 Å². The van der Waals surface area contributed by atoms with Crippen LogP contribution in [0.1, 0.15) is 56.1 Å². The molecule has 1 fully saturated rings. The second-order valence-corrected chi connectivity index (χ2v) is 9.18. The van der Waals surface area contributed by atoms with E-state index in [-0.39, 0.29) is 29.4 Å². The smallest absolute Gasteiger partial charge is 0.194 e. The van der Waals surface area contributed by atoms with Gasteiger partial charge in [-0.05, 0) is 79.7 Å². The van der Waals surface area contributed by atoms with Crippen LogP contribution in [0.5, 0.6) is 0 Å². The molecule has 5 rings (SSSR count). The van der Waals surface area contributed by atoms with E-state index in [0.717, 1.165) is 60.3 Å². The average Bonchev–Trinajstić information content (AvgIpc) is 3.22. The van der Waals surface area contributed by atoms with Crippen LogP contribution in [-0.2, 0) is 6.42 Å². The molecule has 166 valence electrons. The Labute approximate surface area is 184 Å². The van der Waals surface area contributed by atoms with E-state index in [0.29, 0.717) is 11.8 Å². The predicted octanol–water partition coefficient (Wildman–Crippen LogP) is 7.42. The fourth-order valence-corrected chi connectivity index (χ4v) is 5.39. The molecule has 0 unspecified atom stereocenters. The maximum atomic E-state index is 14.1. The molecular formula is C26H24F4N2. The molecule has 0 saturated heterocycles. The van der Waals surface area contributed by atoms with Crippen molar-refractivity contribution in [1.82, 2.24) is 4.98 Å². The van der Waals surface area contributed by atoms with Crippen molar-refractivity contribution >= 4 is 22.3 Å². The van der Waals surface area contributed by atoms with E-state index < -0.39 is 17.5 Å². The van der Waals surface area contributed by atoms with Gasteiger partial charge in [-0.3, -0.25) is 9.98 Å². The number of benzene rings is 2. The lowest BCUT2D eigenvalue weighted by atomic mass is 9.74.